The van der Waals surface area contributed by atoms with Gasteiger partial charge < -0.3 is 10.4 Å². The molecule has 2 rings (SSSR count). The molecule has 1 aromatic rings. The van der Waals surface area contributed by atoms with E-state index in [0.717, 1.165) is 5.01 Å². The Morgan fingerprint density at radius 1 is 1.41 bits per heavy atom. The number of nitrogens with zero attached hydrogens (tertiary/aromatic N) is 1. The van der Waals surface area contributed by atoms with E-state index in [9.17, 15) is 4.79 Å². The molecule has 4 nitrogen and oxygen atoms in total. The molecular weight excluding hydrogens is 236 g/mol. The van der Waals surface area contributed by atoms with Gasteiger partial charge in [0.15, 0.2) is 5.69 Å². The predicted octanol–water partition coefficient (Wildman–Crippen LogP) is 2.65. The second-order valence-electron chi connectivity index (χ2n) is 4.50. The van der Waals surface area contributed by atoms with Gasteiger partial charge in [0.1, 0.15) is 5.01 Å². The summed E-state index contributed by atoms with van der Waals surface area (Å²) in [5.74, 6) is -0.943. The van der Waals surface area contributed by atoms with Gasteiger partial charge in [-0.2, -0.15) is 0 Å². The number of thiazole rings is 1. The number of rotatable bonds is 4. The van der Waals surface area contributed by atoms with E-state index in [1.54, 1.807) is 5.38 Å². The lowest BCUT2D eigenvalue weighted by atomic mass is 10.1. The van der Waals surface area contributed by atoms with Crippen molar-refractivity contribution in [2.45, 2.75) is 51.1 Å². The van der Waals surface area contributed by atoms with Crippen LogP contribution >= 0.6 is 11.3 Å². The second-order valence-corrected chi connectivity index (χ2v) is 5.44. The zero-order valence-corrected chi connectivity index (χ0v) is 10.6. The molecular formula is C12H18N2O2S. The van der Waals surface area contributed by atoms with E-state index in [1.165, 1.54) is 49.9 Å². The Morgan fingerprint density at radius 3 is 2.71 bits per heavy atom. The smallest absolute Gasteiger partial charge is 0.355 e. The molecule has 94 valence electrons. The van der Waals surface area contributed by atoms with Crippen LogP contribution in [-0.2, 0) is 6.54 Å². The van der Waals surface area contributed by atoms with Crippen LogP contribution in [0.3, 0.4) is 0 Å². The molecule has 1 aliphatic carbocycles. The number of hydrogen-bond acceptors (Lipinski definition) is 4. The van der Waals surface area contributed by atoms with E-state index in [2.05, 4.69) is 10.3 Å². The van der Waals surface area contributed by atoms with E-state index in [4.69, 9.17) is 5.11 Å². The zero-order valence-electron chi connectivity index (χ0n) is 9.82. The van der Waals surface area contributed by atoms with Crippen molar-refractivity contribution in [1.82, 2.24) is 10.3 Å². The van der Waals surface area contributed by atoms with Gasteiger partial charge >= 0.3 is 5.97 Å². The first-order valence-electron chi connectivity index (χ1n) is 6.17. The Morgan fingerprint density at radius 2 is 2.12 bits per heavy atom. The minimum absolute atomic E-state index is 0.160. The average molecular weight is 254 g/mol. The van der Waals surface area contributed by atoms with Gasteiger partial charge in [-0.25, -0.2) is 9.78 Å². The Balaban J connectivity index is 1.81. The molecule has 5 heteroatoms. The average Bonchev–Trinajstić information content (AvgIpc) is 2.63. The van der Waals surface area contributed by atoms with Crippen LogP contribution in [0, 0.1) is 0 Å². The van der Waals surface area contributed by atoms with Crippen molar-refractivity contribution in [3.8, 4) is 0 Å². The van der Waals surface area contributed by atoms with E-state index in [1.807, 2.05) is 0 Å². The number of aromatic nitrogens is 1. The maximum absolute atomic E-state index is 10.7. The molecule has 0 amide bonds. The highest BCUT2D eigenvalue weighted by Crippen LogP contribution is 2.18. The monoisotopic (exact) mass is 254 g/mol. The third-order valence-corrected chi connectivity index (χ3v) is 4.02. The van der Waals surface area contributed by atoms with Crippen LogP contribution in [0.4, 0.5) is 0 Å². The summed E-state index contributed by atoms with van der Waals surface area (Å²) in [6.07, 6.45) is 7.76. The standard InChI is InChI=1S/C12H18N2O2S/c15-12(16)10-8-17-11(14-10)7-13-9-5-3-1-2-4-6-9/h8-9,13H,1-7H2,(H,15,16). The van der Waals surface area contributed by atoms with E-state index in [-0.39, 0.29) is 5.69 Å². The number of carboxylic acid groups (broad SMARTS) is 1. The van der Waals surface area contributed by atoms with Crippen molar-refractivity contribution in [2.24, 2.45) is 0 Å². The number of carbonyl (C=O) groups is 1. The van der Waals surface area contributed by atoms with Gasteiger partial charge in [0.25, 0.3) is 0 Å². The SMILES string of the molecule is O=C(O)c1csc(CNC2CCCCCC2)n1. The summed E-state index contributed by atoms with van der Waals surface area (Å²) in [6.45, 7) is 0.697. The molecule has 1 fully saturated rings. The lowest BCUT2D eigenvalue weighted by Gasteiger charge is -2.14. The molecule has 2 N–H and O–H groups in total. The third kappa shape index (κ3) is 3.78. The molecule has 0 spiro atoms. The van der Waals surface area contributed by atoms with Gasteiger partial charge in [0.2, 0.25) is 0 Å². The molecule has 0 atom stereocenters. The summed E-state index contributed by atoms with van der Waals surface area (Å²) in [4.78, 5) is 14.8. The van der Waals surface area contributed by atoms with Gasteiger partial charge in [-0.05, 0) is 12.8 Å². The largest absolute Gasteiger partial charge is 0.476 e. The lowest BCUT2D eigenvalue weighted by molar-refractivity contribution is 0.0691. The fraction of sp³-hybridized carbons (Fsp3) is 0.667. The highest BCUT2D eigenvalue weighted by atomic mass is 32.1. The molecule has 0 unspecified atom stereocenters. The van der Waals surface area contributed by atoms with Gasteiger partial charge in [-0.15, -0.1) is 11.3 Å². The summed E-state index contributed by atoms with van der Waals surface area (Å²) < 4.78 is 0. The molecule has 0 saturated heterocycles. The van der Waals surface area contributed by atoms with Crippen molar-refractivity contribution < 1.29 is 9.90 Å². The highest BCUT2D eigenvalue weighted by Gasteiger charge is 2.13. The fourth-order valence-electron chi connectivity index (χ4n) is 2.21. The Kier molecular flexibility index (Phi) is 4.50. The Labute approximate surface area is 105 Å². The van der Waals surface area contributed by atoms with Gasteiger partial charge in [0, 0.05) is 18.0 Å². The van der Waals surface area contributed by atoms with Crippen LogP contribution in [0.25, 0.3) is 0 Å². The summed E-state index contributed by atoms with van der Waals surface area (Å²) in [5, 5.41) is 14.7. The molecule has 0 radical (unpaired) electrons. The van der Waals surface area contributed by atoms with Crippen molar-refractivity contribution in [2.75, 3.05) is 0 Å². The van der Waals surface area contributed by atoms with Crippen molar-refractivity contribution >= 4 is 17.3 Å². The maximum Gasteiger partial charge on any atom is 0.355 e. The van der Waals surface area contributed by atoms with Gasteiger partial charge in [-0.3, -0.25) is 0 Å². The van der Waals surface area contributed by atoms with Gasteiger partial charge in [0.05, 0.1) is 0 Å². The molecule has 1 heterocycles. The van der Waals surface area contributed by atoms with Crippen molar-refractivity contribution in [1.29, 1.82) is 0 Å². The van der Waals surface area contributed by atoms with Crippen LogP contribution in [0.2, 0.25) is 0 Å². The minimum atomic E-state index is -0.943. The van der Waals surface area contributed by atoms with Crippen LogP contribution in [-0.4, -0.2) is 22.1 Å². The quantitative estimate of drug-likeness (QED) is 0.811. The summed E-state index contributed by atoms with van der Waals surface area (Å²) in [7, 11) is 0. The van der Waals surface area contributed by atoms with Crippen LogP contribution in [0.1, 0.15) is 54.0 Å². The van der Waals surface area contributed by atoms with E-state index in [0.29, 0.717) is 12.6 Å². The molecule has 0 aromatic carbocycles. The van der Waals surface area contributed by atoms with Crippen molar-refractivity contribution in [3.63, 3.8) is 0 Å². The molecule has 0 bridgehead atoms. The summed E-state index contributed by atoms with van der Waals surface area (Å²) >= 11 is 1.42. The fourth-order valence-corrected chi connectivity index (χ4v) is 2.92. The first kappa shape index (κ1) is 12.5. The first-order chi connectivity index (χ1) is 8.25. The molecule has 1 aliphatic rings. The maximum atomic E-state index is 10.7. The number of carboxylic acids is 1. The van der Waals surface area contributed by atoms with Crippen LogP contribution in [0.5, 0.6) is 0 Å². The zero-order chi connectivity index (χ0) is 12.1. The van der Waals surface area contributed by atoms with E-state index >= 15 is 0 Å². The first-order valence-corrected chi connectivity index (χ1v) is 7.05. The van der Waals surface area contributed by atoms with E-state index < -0.39 is 5.97 Å². The molecule has 17 heavy (non-hydrogen) atoms. The highest BCUT2D eigenvalue weighted by molar-refractivity contribution is 7.09. The summed E-state index contributed by atoms with van der Waals surface area (Å²) in [5.41, 5.74) is 0.160. The molecule has 1 saturated carbocycles. The second kappa shape index (κ2) is 6.12. The normalized spacial score (nSPS) is 17.9. The Bertz CT molecular complexity index is 370. The van der Waals surface area contributed by atoms with Crippen molar-refractivity contribution in [3.05, 3.63) is 16.1 Å². The molecule has 0 aliphatic heterocycles. The Hall–Kier alpha value is -0.940. The number of hydrogen-bond donors (Lipinski definition) is 2. The van der Waals surface area contributed by atoms with Gasteiger partial charge in [-0.1, -0.05) is 25.7 Å². The third-order valence-electron chi connectivity index (χ3n) is 3.17. The number of nitrogens with one attached hydrogen (secondary N) is 1. The van der Waals surface area contributed by atoms with Crippen LogP contribution < -0.4 is 5.32 Å². The number of aromatic carboxylic acids is 1. The van der Waals surface area contributed by atoms with Crippen LogP contribution in [0.15, 0.2) is 5.38 Å². The topological polar surface area (TPSA) is 62.2 Å². The molecule has 1 aromatic heterocycles. The summed E-state index contributed by atoms with van der Waals surface area (Å²) in [6, 6.07) is 0.578. The lowest BCUT2D eigenvalue weighted by Crippen LogP contribution is -2.27. The predicted molar refractivity (Wildman–Crippen MR) is 67.4 cm³/mol. The minimum Gasteiger partial charge on any atom is -0.476 e.